The molecule has 120 valence electrons. The molecule has 0 radical (unpaired) electrons. The molecule has 2 aliphatic rings. The van der Waals surface area contributed by atoms with E-state index in [1.807, 2.05) is 4.90 Å². The van der Waals surface area contributed by atoms with Crippen molar-refractivity contribution in [2.75, 3.05) is 6.54 Å². The molecule has 0 aromatic carbocycles. The second-order valence-electron chi connectivity index (χ2n) is 6.58. The van der Waals surface area contributed by atoms with Crippen molar-refractivity contribution in [3.8, 4) is 0 Å². The van der Waals surface area contributed by atoms with Gasteiger partial charge in [0.25, 0.3) is 5.91 Å². The van der Waals surface area contributed by atoms with E-state index in [-0.39, 0.29) is 23.4 Å². The number of amides is 2. The molecule has 3 rings (SSSR count). The van der Waals surface area contributed by atoms with Crippen LogP contribution in [-0.4, -0.2) is 39.8 Å². The number of rotatable bonds is 1. The number of hydrogen-bond acceptors (Lipinski definition) is 4. The third-order valence-corrected chi connectivity index (χ3v) is 4.86. The van der Waals surface area contributed by atoms with E-state index in [0.29, 0.717) is 24.6 Å². The molecular formula is C16H23N3O3. The van der Waals surface area contributed by atoms with Crippen molar-refractivity contribution in [3.05, 3.63) is 17.8 Å². The van der Waals surface area contributed by atoms with E-state index in [4.69, 9.17) is 4.42 Å². The molecule has 2 aliphatic heterocycles. The molecule has 0 aliphatic carbocycles. The smallest absolute Gasteiger partial charge is 0.276 e. The lowest BCUT2D eigenvalue weighted by Gasteiger charge is -2.41. The minimum Gasteiger partial charge on any atom is -0.448 e. The molecule has 2 saturated heterocycles. The van der Waals surface area contributed by atoms with Crippen LogP contribution in [0.25, 0.3) is 0 Å². The SMILES string of the molecule is Cc1nc(C(=O)N2CCCC[C@]3(C)NC(=O)CCC[C@H]23)co1. The van der Waals surface area contributed by atoms with Gasteiger partial charge in [-0.15, -0.1) is 0 Å². The summed E-state index contributed by atoms with van der Waals surface area (Å²) in [6, 6.07) is 0.0194. The van der Waals surface area contributed by atoms with Crippen LogP contribution in [0.15, 0.2) is 10.7 Å². The molecule has 1 aromatic rings. The highest BCUT2D eigenvalue weighted by molar-refractivity contribution is 5.92. The van der Waals surface area contributed by atoms with Gasteiger partial charge in [-0.1, -0.05) is 0 Å². The fraction of sp³-hybridized carbons (Fsp3) is 0.688. The summed E-state index contributed by atoms with van der Waals surface area (Å²) in [4.78, 5) is 30.9. The maximum atomic E-state index is 12.8. The second kappa shape index (κ2) is 5.74. The van der Waals surface area contributed by atoms with Crippen LogP contribution in [0, 0.1) is 6.92 Å². The van der Waals surface area contributed by atoms with Crippen molar-refractivity contribution in [1.82, 2.24) is 15.2 Å². The lowest BCUT2D eigenvalue weighted by molar-refractivity contribution is -0.122. The molecule has 3 heterocycles. The minimum atomic E-state index is -0.349. The van der Waals surface area contributed by atoms with Gasteiger partial charge in [-0.05, 0) is 39.0 Å². The van der Waals surface area contributed by atoms with Gasteiger partial charge in [0.2, 0.25) is 5.91 Å². The summed E-state index contributed by atoms with van der Waals surface area (Å²) in [6.07, 6.45) is 6.49. The van der Waals surface area contributed by atoms with E-state index in [9.17, 15) is 9.59 Å². The zero-order valence-electron chi connectivity index (χ0n) is 13.2. The zero-order chi connectivity index (χ0) is 15.7. The highest BCUT2D eigenvalue weighted by Gasteiger charge is 2.44. The molecular weight excluding hydrogens is 282 g/mol. The Hall–Kier alpha value is -1.85. The number of nitrogens with zero attached hydrogens (tertiary/aromatic N) is 2. The predicted octanol–water partition coefficient (Wildman–Crippen LogP) is 2.04. The standard InChI is InChI=1S/C16H23N3O3/c1-11-17-12(10-22-11)15(21)19-9-4-3-8-16(2)13(19)6-5-7-14(20)18-16/h10,13H,3-9H2,1-2H3,(H,18,20)/t13-,16-/m0/s1. The number of oxazole rings is 1. The summed E-state index contributed by atoms with van der Waals surface area (Å²) >= 11 is 0. The van der Waals surface area contributed by atoms with E-state index in [0.717, 1.165) is 32.1 Å². The fourth-order valence-corrected chi connectivity index (χ4v) is 3.75. The highest BCUT2D eigenvalue weighted by atomic mass is 16.3. The van der Waals surface area contributed by atoms with Gasteiger partial charge in [0.15, 0.2) is 11.6 Å². The van der Waals surface area contributed by atoms with Crippen molar-refractivity contribution < 1.29 is 14.0 Å². The molecule has 2 amide bonds. The number of aryl methyl sites for hydroxylation is 1. The van der Waals surface area contributed by atoms with Crippen LogP contribution in [0.2, 0.25) is 0 Å². The molecule has 0 bridgehead atoms. The first kappa shape index (κ1) is 15.1. The number of likely N-dealkylation sites (tertiary alicyclic amines) is 1. The van der Waals surface area contributed by atoms with Crippen LogP contribution in [0.4, 0.5) is 0 Å². The minimum absolute atomic E-state index is 0.0194. The molecule has 2 atom stereocenters. The van der Waals surface area contributed by atoms with E-state index in [1.165, 1.54) is 6.26 Å². The molecule has 1 aromatic heterocycles. The summed E-state index contributed by atoms with van der Waals surface area (Å²) in [7, 11) is 0. The molecule has 0 saturated carbocycles. The summed E-state index contributed by atoms with van der Waals surface area (Å²) < 4.78 is 5.18. The van der Waals surface area contributed by atoms with Crippen LogP contribution < -0.4 is 5.32 Å². The average Bonchev–Trinajstić information content (AvgIpc) is 2.75. The Balaban J connectivity index is 1.91. The lowest BCUT2D eigenvalue weighted by atomic mass is 9.85. The molecule has 1 N–H and O–H groups in total. The van der Waals surface area contributed by atoms with Crippen LogP contribution in [-0.2, 0) is 4.79 Å². The summed E-state index contributed by atoms with van der Waals surface area (Å²) in [6.45, 7) is 4.51. The summed E-state index contributed by atoms with van der Waals surface area (Å²) in [5, 5.41) is 3.16. The van der Waals surface area contributed by atoms with Crippen molar-refractivity contribution in [2.24, 2.45) is 0 Å². The number of aromatic nitrogens is 1. The molecule has 0 spiro atoms. The summed E-state index contributed by atoms with van der Waals surface area (Å²) in [5.41, 5.74) is 0.00995. The summed E-state index contributed by atoms with van der Waals surface area (Å²) in [5.74, 6) is 0.498. The quantitative estimate of drug-likeness (QED) is 0.861. The van der Waals surface area contributed by atoms with Crippen molar-refractivity contribution in [1.29, 1.82) is 0 Å². The Morgan fingerprint density at radius 2 is 2.27 bits per heavy atom. The number of fused-ring (bicyclic) bond motifs is 1. The third kappa shape index (κ3) is 2.74. The Labute approximate surface area is 130 Å². The van der Waals surface area contributed by atoms with Crippen LogP contribution >= 0.6 is 0 Å². The normalized spacial score (nSPS) is 29.3. The Bertz CT molecular complexity index is 583. The molecule has 0 unspecified atom stereocenters. The first-order chi connectivity index (χ1) is 10.5. The van der Waals surface area contributed by atoms with Gasteiger partial charge in [-0.2, -0.15) is 0 Å². The van der Waals surface area contributed by atoms with Gasteiger partial charge in [-0.25, -0.2) is 4.98 Å². The van der Waals surface area contributed by atoms with Gasteiger partial charge in [0, 0.05) is 19.9 Å². The van der Waals surface area contributed by atoms with Gasteiger partial charge in [0.05, 0.1) is 11.6 Å². The topological polar surface area (TPSA) is 75.4 Å². The van der Waals surface area contributed by atoms with Crippen molar-refractivity contribution >= 4 is 11.8 Å². The van der Waals surface area contributed by atoms with Crippen molar-refractivity contribution in [3.63, 3.8) is 0 Å². The van der Waals surface area contributed by atoms with Crippen LogP contribution in [0.3, 0.4) is 0 Å². The van der Waals surface area contributed by atoms with Gasteiger partial charge < -0.3 is 14.6 Å². The van der Waals surface area contributed by atoms with E-state index in [1.54, 1.807) is 6.92 Å². The van der Waals surface area contributed by atoms with Gasteiger partial charge in [0.1, 0.15) is 6.26 Å². The molecule has 6 nitrogen and oxygen atoms in total. The Morgan fingerprint density at radius 3 is 3.00 bits per heavy atom. The fourth-order valence-electron chi connectivity index (χ4n) is 3.75. The van der Waals surface area contributed by atoms with Gasteiger partial charge >= 0.3 is 0 Å². The molecule has 2 fully saturated rings. The lowest BCUT2D eigenvalue weighted by Crippen LogP contribution is -2.59. The predicted molar refractivity (Wildman–Crippen MR) is 80.3 cm³/mol. The van der Waals surface area contributed by atoms with Crippen molar-refractivity contribution in [2.45, 2.75) is 64.0 Å². The van der Waals surface area contributed by atoms with Crippen LogP contribution in [0.1, 0.15) is 61.8 Å². The number of hydrogen-bond donors (Lipinski definition) is 1. The van der Waals surface area contributed by atoms with E-state index >= 15 is 0 Å². The third-order valence-electron chi connectivity index (χ3n) is 4.86. The Morgan fingerprint density at radius 1 is 1.45 bits per heavy atom. The van der Waals surface area contributed by atoms with E-state index < -0.39 is 0 Å². The Kier molecular flexibility index (Phi) is 3.93. The number of carbonyl (C=O) groups is 2. The highest BCUT2D eigenvalue weighted by Crippen LogP contribution is 2.33. The maximum absolute atomic E-state index is 12.8. The second-order valence-corrected chi connectivity index (χ2v) is 6.58. The maximum Gasteiger partial charge on any atom is 0.276 e. The monoisotopic (exact) mass is 305 g/mol. The van der Waals surface area contributed by atoms with Crippen LogP contribution in [0.5, 0.6) is 0 Å². The number of nitrogens with one attached hydrogen (secondary N) is 1. The van der Waals surface area contributed by atoms with Gasteiger partial charge in [-0.3, -0.25) is 9.59 Å². The first-order valence-electron chi connectivity index (χ1n) is 8.04. The average molecular weight is 305 g/mol. The largest absolute Gasteiger partial charge is 0.448 e. The number of carbonyl (C=O) groups excluding carboxylic acids is 2. The zero-order valence-corrected chi connectivity index (χ0v) is 13.2. The molecule has 22 heavy (non-hydrogen) atoms. The molecule has 6 heteroatoms. The first-order valence-corrected chi connectivity index (χ1v) is 8.04. The van der Waals surface area contributed by atoms with E-state index in [2.05, 4.69) is 17.2 Å².